The standard InChI is InChI=1S/C18H25N3O5S.ClH/c1-26-18(23)11-19-27(24,25)16-4-2-3-13(10-16)21-17(22)9-12-7-14-5-6-15(8-12)20-14;/h2-4,10,12,14-15,19-20H,5-9,11H2,1H3,(H,21,22);1H. The summed E-state index contributed by atoms with van der Waals surface area (Å²) in [5, 5.41) is 6.34. The SMILES string of the molecule is COC(=O)CNS(=O)(=O)c1cccc(NC(=O)CC2CC3CCC(C2)N3)c1.Cl. The minimum absolute atomic E-state index is 0. The highest BCUT2D eigenvalue weighted by molar-refractivity contribution is 7.89. The summed E-state index contributed by atoms with van der Waals surface area (Å²) in [6.45, 7) is -0.451. The number of piperidine rings is 1. The minimum Gasteiger partial charge on any atom is -0.468 e. The summed E-state index contributed by atoms with van der Waals surface area (Å²) in [7, 11) is -2.69. The number of fused-ring (bicyclic) bond motifs is 2. The van der Waals surface area contributed by atoms with Gasteiger partial charge in [0.15, 0.2) is 0 Å². The van der Waals surface area contributed by atoms with Crippen molar-refractivity contribution < 1.29 is 22.7 Å². The molecule has 1 aromatic rings. The highest BCUT2D eigenvalue weighted by atomic mass is 35.5. The number of hydrogen-bond donors (Lipinski definition) is 3. The van der Waals surface area contributed by atoms with Crippen molar-refractivity contribution in [2.45, 2.75) is 49.1 Å². The van der Waals surface area contributed by atoms with Gasteiger partial charge in [-0.15, -0.1) is 12.4 Å². The number of amides is 1. The Bertz CT molecular complexity index is 805. The molecular weight excluding hydrogens is 406 g/mol. The third-order valence-electron chi connectivity index (χ3n) is 5.11. The second-order valence-corrected chi connectivity index (χ2v) is 8.92. The predicted molar refractivity (Wildman–Crippen MR) is 107 cm³/mol. The number of esters is 1. The molecule has 2 atom stereocenters. The molecule has 10 heteroatoms. The summed E-state index contributed by atoms with van der Waals surface area (Å²) in [6.07, 6.45) is 4.82. The van der Waals surface area contributed by atoms with Crippen LogP contribution < -0.4 is 15.4 Å². The first-order valence-corrected chi connectivity index (χ1v) is 10.6. The lowest BCUT2D eigenvalue weighted by Gasteiger charge is -2.28. The highest BCUT2D eigenvalue weighted by Crippen LogP contribution is 2.32. The smallest absolute Gasteiger partial charge is 0.320 e. The van der Waals surface area contributed by atoms with Crippen LogP contribution in [0.4, 0.5) is 5.69 Å². The van der Waals surface area contributed by atoms with Gasteiger partial charge in [-0.1, -0.05) is 6.07 Å². The Hall–Kier alpha value is -1.68. The normalized spacial score (nSPS) is 23.5. The quantitative estimate of drug-likeness (QED) is 0.562. The molecule has 1 aromatic carbocycles. The molecule has 0 aromatic heterocycles. The molecule has 2 aliphatic heterocycles. The highest BCUT2D eigenvalue weighted by Gasteiger charge is 2.34. The Balaban J connectivity index is 0.00000280. The van der Waals surface area contributed by atoms with Crippen molar-refractivity contribution in [2.75, 3.05) is 19.0 Å². The van der Waals surface area contributed by atoms with Crippen molar-refractivity contribution in [3.8, 4) is 0 Å². The van der Waals surface area contributed by atoms with Gasteiger partial charge in [-0.2, -0.15) is 4.72 Å². The van der Waals surface area contributed by atoms with Crippen LogP contribution in [0.25, 0.3) is 0 Å². The number of carbonyl (C=O) groups is 2. The fourth-order valence-electron chi connectivity index (χ4n) is 3.87. The van der Waals surface area contributed by atoms with Crippen LogP contribution in [0.15, 0.2) is 29.2 Å². The molecule has 2 bridgehead atoms. The molecule has 0 radical (unpaired) electrons. The molecule has 2 unspecified atom stereocenters. The van der Waals surface area contributed by atoms with Gasteiger partial charge in [-0.05, 0) is 49.8 Å². The van der Waals surface area contributed by atoms with Crippen molar-refractivity contribution in [3.05, 3.63) is 24.3 Å². The van der Waals surface area contributed by atoms with Crippen LogP contribution in [0, 0.1) is 5.92 Å². The Labute approximate surface area is 171 Å². The zero-order valence-corrected chi connectivity index (χ0v) is 17.3. The number of methoxy groups -OCH3 is 1. The molecule has 0 spiro atoms. The van der Waals surface area contributed by atoms with Crippen LogP contribution >= 0.6 is 12.4 Å². The van der Waals surface area contributed by atoms with E-state index < -0.39 is 22.5 Å². The first-order chi connectivity index (χ1) is 12.9. The van der Waals surface area contributed by atoms with E-state index in [-0.39, 0.29) is 23.2 Å². The molecule has 28 heavy (non-hydrogen) atoms. The van der Waals surface area contributed by atoms with E-state index in [9.17, 15) is 18.0 Å². The Morgan fingerprint density at radius 1 is 1.21 bits per heavy atom. The van der Waals surface area contributed by atoms with Gasteiger partial charge >= 0.3 is 5.97 Å². The Morgan fingerprint density at radius 3 is 2.54 bits per heavy atom. The molecule has 0 saturated carbocycles. The van der Waals surface area contributed by atoms with E-state index in [1.807, 2.05) is 0 Å². The molecular formula is C18H26ClN3O5S. The van der Waals surface area contributed by atoms with Crippen LogP contribution in [0.1, 0.15) is 32.1 Å². The van der Waals surface area contributed by atoms with Crippen LogP contribution in [0.2, 0.25) is 0 Å². The van der Waals surface area contributed by atoms with Crippen molar-refractivity contribution >= 4 is 40.0 Å². The summed E-state index contributed by atoms with van der Waals surface area (Å²) in [5.74, 6) is -0.435. The van der Waals surface area contributed by atoms with E-state index in [0.29, 0.717) is 30.1 Å². The van der Waals surface area contributed by atoms with Crippen LogP contribution in [0.5, 0.6) is 0 Å². The van der Waals surface area contributed by atoms with Crippen LogP contribution in [0.3, 0.4) is 0 Å². The van der Waals surface area contributed by atoms with Gasteiger partial charge in [-0.25, -0.2) is 8.42 Å². The van der Waals surface area contributed by atoms with Gasteiger partial charge in [0.05, 0.1) is 12.0 Å². The number of sulfonamides is 1. The van der Waals surface area contributed by atoms with Gasteiger partial charge < -0.3 is 15.4 Å². The van der Waals surface area contributed by atoms with E-state index in [0.717, 1.165) is 12.8 Å². The summed E-state index contributed by atoms with van der Waals surface area (Å²) in [4.78, 5) is 23.5. The molecule has 1 amide bonds. The molecule has 2 fully saturated rings. The molecule has 156 valence electrons. The number of benzene rings is 1. The van der Waals surface area contributed by atoms with Gasteiger partial charge in [0.25, 0.3) is 0 Å². The number of nitrogens with one attached hydrogen (secondary N) is 3. The summed E-state index contributed by atoms with van der Waals surface area (Å²) >= 11 is 0. The number of rotatable bonds is 7. The summed E-state index contributed by atoms with van der Waals surface area (Å²) < 4.78 is 31.1. The number of hydrogen-bond acceptors (Lipinski definition) is 6. The van der Waals surface area contributed by atoms with Crippen LogP contribution in [-0.2, 0) is 24.3 Å². The van der Waals surface area contributed by atoms with Gasteiger partial charge in [0, 0.05) is 24.2 Å². The van der Waals surface area contributed by atoms with Gasteiger partial charge in [0.2, 0.25) is 15.9 Å². The maximum atomic E-state index is 12.4. The van der Waals surface area contributed by atoms with E-state index in [1.54, 1.807) is 12.1 Å². The van der Waals surface area contributed by atoms with Crippen molar-refractivity contribution in [1.29, 1.82) is 0 Å². The lowest BCUT2D eigenvalue weighted by molar-refractivity contribution is -0.139. The predicted octanol–water partition coefficient (Wildman–Crippen LogP) is 1.42. The van der Waals surface area contributed by atoms with Gasteiger partial charge in [-0.3, -0.25) is 9.59 Å². The van der Waals surface area contributed by atoms with Crippen molar-refractivity contribution in [1.82, 2.24) is 10.0 Å². The Morgan fingerprint density at radius 2 is 1.89 bits per heavy atom. The topological polar surface area (TPSA) is 114 Å². The third kappa shape index (κ3) is 5.91. The van der Waals surface area contributed by atoms with Crippen LogP contribution in [-0.4, -0.2) is 46.0 Å². The fourth-order valence-corrected chi connectivity index (χ4v) is 4.88. The van der Waals surface area contributed by atoms with Crippen molar-refractivity contribution in [2.24, 2.45) is 5.92 Å². The number of carbonyl (C=O) groups excluding carboxylic acids is 2. The number of anilines is 1. The van der Waals surface area contributed by atoms with E-state index in [4.69, 9.17) is 0 Å². The second-order valence-electron chi connectivity index (χ2n) is 7.16. The first kappa shape index (κ1) is 22.6. The summed E-state index contributed by atoms with van der Waals surface area (Å²) in [6, 6.07) is 7.02. The van der Waals surface area contributed by atoms with E-state index in [1.165, 1.54) is 32.1 Å². The zero-order chi connectivity index (χ0) is 19.4. The minimum atomic E-state index is -3.87. The Kier molecular flexibility index (Phi) is 7.82. The lowest BCUT2D eigenvalue weighted by Crippen LogP contribution is -2.39. The molecule has 3 N–H and O–H groups in total. The molecule has 0 aliphatic carbocycles. The molecule has 3 rings (SSSR count). The average Bonchev–Trinajstić information content (AvgIpc) is 2.98. The molecule has 2 saturated heterocycles. The first-order valence-electron chi connectivity index (χ1n) is 9.08. The number of halogens is 1. The zero-order valence-electron chi connectivity index (χ0n) is 15.6. The largest absolute Gasteiger partial charge is 0.468 e. The molecule has 8 nitrogen and oxygen atoms in total. The molecule has 2 heterocycles. The van der Waals surface area contributed by atoms with E-state index in [2.05, 4.69) is 20.1 Å². The summed E-state index contributed by atoms with van der Waals surface area (Å²) in [5.41, 5.74) is 0.415. The van der Waals surface area contributed by atoms with E-state index >= 15 is 0 Å². The van der Waals surface area contributed by atoms with Crippen molar-refractivity contribution in [3.63, 3.8) is 0 Å². The maximum Gasteiger partial charge on any atom is 0.320 e. The maximum absolute atomic E-state index is 12.4. The monoisotopic (exact) mass is 431 g/mol. The average molecular weight is 432 g/mol. The third-order valence-corrected chi connectivity index (χ3v) is 6.51. The second kappa shape index (κ2) is 9.69. The number of ether oxygens (including phenoxy) is 1. The molecule has 2 aliphatic rings. The lowest BCUT2D eigenvalue weighted by atomic mass is 9.89. The fraction of sp³-hybridized carbons (Fsp3) is 0.556. The van der Waals surface area contributed by atoms with Gasteiger partial charge in [0.1, 0.15) is 6.54 Å².